The van der Waals surface area contributed by atoms with Gasteiger partial charge in [0.15, 0.2) is 9.40 Å². The van der Waals surface area contributed by atoms with E-state index in [9.17, 15) is 4.55 Å². The van der Waals surface area contributed by atoms with Gasteiger partial charge in [0.2, 0.25) is 0 Å². The summed E-state index contributed by atoms with van der Waals surface area (Å²) in [4.78, 5) is 0. The molecular formula is C14H12OS. The average molecular weight is 228 g/mol. The predicted octanol–water partition coefficient (Wildman–Crippen LogP) is 4.34. The van der Waals surface area contributed by atoms with E-state index in [1.165, 1.54) is 0 Å². The Hall–Kier alpha value is -1.38. The third-order valence-electron chi connectivity index (χ3n) is 2.96. The molecule has 1 aromatic heterocycles. The van der Waals surface area contributed by atoms with Crippen molar-refractivity contribution in [3.05, 3.63) is 47.5 Å². The Morgan fingerprint density at radius 1 is 0.812 bits per heavy atom. The molecule has 0 radical (unpaired) electrons. The molecule has 2 aromatic carbocycles. The van der Waals surface area contributed by atoms with Crippen molar-refractivity contribution in [2.45, 2.75) is 13.8 Å². The Kier molecular flexibility index (Phi) is 2.03. The quantitative estimate of drug-likeness (QED) is 0.525. The number of thiophene rings is 1. The molecule has 0 unspecified atom stereocenters. The summed E-state index contributed by atoms with van der Waals surface area (Å²) >= 11 is 0. The molecular weight excluding hydrogens is 216 g/mol. The van der Waals surface area contributed by atoms with Gasteiger partial charge in [-0.25, -0.2) is 0 Å². The van der Waals surface area contributed by atoms with E-state index in [2.05, 4.69) is 24.3 Å². The first kappa shape index (κ1) is 9.82. The van der Waals surface area contributed by atoms with Crippen LogP contribution in [0.2, 0.25) is 0 Å². The normalized spacial score (nSPS) is 11.4. The Balaban J connectivity index is 2.59. The molecule has 2 heteroatoms. The molecule has 1 heterocycles. The summed E-state index contributed by atoms with van der Waals surface area (Å²) in [5, 5.41) is 2.25. The first-order valence-corrected chi connectivity index (χ1v) is 6.45. The van der Waals surface area contributed by atoms with Gasteiger partial charge in [0.05, 0.1) is 0 Å². The zero-order chi connectivity index (χ0) is 11.3. The summed E-state index contributed by atoms with van der Waals surface area (Å²) in [5.74, 6) is 0. The molecule has 0 saturated heterocycles. The zero-order valence-electron chi connectivity index (χ0n) is 9.28. The number of aryl methyl sites for hydroxylation is 2. The van der Waals surface area contributed by atoms with Gasteiger partial charge in [0.25, 0.3) is 0 Å². The second-order valence-corrected chi connectivity index (χ2v) is 5.69. The Bertz CT molecular complexity index is 635. The van der Waals surface area contributed by atoms with Crippen molar-refractivity contribution in [2.75, 3.05) is 0 Å². The summed E-state index contributed by atoms with van der Waals surface area (Å²) in [6, 6.07) is 12.4. The molecule has 0 aliphatic heterocycles. The smallest absolute Gasteiger partial charge is 0.180 e. The fraction of sp³-hybridized carbons (Fsp3) is 0.143. The summed E-state index contributed by atoms with van der Waals surface area (Å²) in [6.45, 7) is 4.07. The van der Waals surface area contributed by atoms with Crippen LogP contribution in [0.15, 0.2) is 36.4 Å². The van der Waals surface area contributed by atoms with Crippen molar-refractivity contribution in [3.8, 4) is 0 Å². The maximum Gasteiger partial charge on any atom is 0.180 e. The van der Waals surface area contributed by atoms with E-state index in [0.717, 1.165) is 31.3 Å². The zero-order valence-corrected chi connectivity index (χ0v) is 10.1. The second kappa shape index (κ2) is 3.30. The third-order valence-corrected chi connectivity index (χ3v) is 4.44. The Morgan fingerprint density at radius 3 is 1.69 bits per heavy atom. The first-order chi connectivity index (χ1) is 7.66. The monoisotopic (exact) mass is 228 g/mol. The number of hydrogen-bond acceptors (Lipinski definition) is 1. The van der Waals surface area contributed by atoms with Gasteiger partial charge in [0, 0.05) is 22.9 Å². The molecule has 0 bridgehead atoms. The molecule has 0 spiro atoms. The molecule has 0 saturated carbocycles. The lowest BCUT2D eigenvalue weighted by Crippen LogP contribution is -1.71. The lowest BCUT2D eigenvalue weighted by atomic mass is 10.1. The van der Waals surface area contributed by atoms with Crippen LogP contribution in [-0.2, 0) is 0 Å². The lowest BCUT2D eigenvalue weighted by molar-refractivity contribution is 0.602. The SMILES string of the molecule is Cc1ccc2c3ccc(C)cc3[s+]([O-])c2c1. The topological polar surface area (TPSA) is 23.1 Å². The van der Waals surface area contributed by atoms with Crippen LogP contribution in [0.5, 0.6) is 0 Å². The Labute approximate surface area is 97.1 Å². The van der Waals surface area contributed by atoms with E-state index < -0.39 is 10.8 Å². The molecule has 0 N–H and O–H groups in total. The highest BCUT2D eigenvalue weighted by Crippen LogP contribution is 2.40. The third kappa shape index (κ3) is 1.27. The summed E-state index contributed by atoms with van der Waals surface area (Å²) in [6.07, 6.45) is 0. The van der Waals surface area contributed by atoms with Gasteiger partial charge in [-0.2, -0.15) is 0 Å². The van der Waals surface area contributed by atoms with Crippen molar-refractivity contribution < 1.29 is 4.55 Å². The van der Waals surface area contributed by atoms with Crippen molar-refractivity contribution in [2.24, 2.45) is 0 Å². The van der Waals surface area contributed by atoms with E-state index in [1.807, 2.05) is 26.0 Å². The van der Waals surface area contributed by atoms with E-state index in [4.69, 9.17) is 0 Å². The fourth-order valence-corrected chi connectivity index (χ4v) is 3.71. The maximum atomic E-state index is 12.3. The average Bonchev–Trinajstić information content (AvgIpc) is 2.53. The van der Waals surface area contributed by atoms with E-state index in [0.29, 0.717) is 0 Å². The molecule has 0 amide bonds. The summed E-state index contributed by atoms with van der Waals surface area (Å²) in [7, 11) is -0.993. The van der Waals surface area contributed by atoms with E-state index >= 15 is 0 Å². The second-order valence-electron chi connectivity index (χ2n) is 4.27. The van der Waals surface area contributed by atoms with Gasteiger partial charge in [0.1, 0.15) is 0 Å². The van der Waals surface area contributed by atoms with Crippen LogP contribution >= 0.6 is 10.8 Å². The molecule has 0 aliphatic rings. The van der Waals surface area contributed by atoms with Crippen molar-refractivity contribution >= 4 is 30.9 Å². The lowest BCUT2D eigenvalue weighted by Gasteiger charge is -1.93. The minimum Gasteiger partial charge on any atom is -0.590 e. The van der Waals surface area contributed by atoms with Crippen LogP contribution in [-0.4, -0.2) is 4.55 Å². The van der Waals surface area contributed by atoms with Gasteiger partial charge in [-0.3, -0.25) is 0 Å². The molecule has 0 atom stereocenters. The Morgan fingerprint density at radius 2 is 1.25 bits per heavy atom. The molecule has 0 aliphatic carbocycles. The number of fused-ring (bicyclic) bond motifs is 3. The summed E-state index contributed by atoms with van der Waals surface area (Å²) in [5.41, 5.74) is 2.33. The van der Waals surface area contributed by atoms with Gasteiger partial charge in [-0.15, -0.1) is 0 Å². The predicted molar refractivity (Wildman–Crippen MR) is 69.6 cm³/mol. The molecule has 0 fully saturated rings. The van der Waals surface area contributed by atoms with Crippen molar-refractivity contribution in [1.29, 1.82) is 0 Å². The van der Waals surface area contributed by atoms with Gasteiger partial charge < -0.3 is 4.55 Å². The van der Waals surface area contributed by atoms with Crippen LogP contribution in [0.3, 0.4) is 0 Å². The fourth-order valence-electron chi connectivity index (χ4n) is 2.13. The van der Waals surface area contributed by atoms with E-state index in [-0.39, 0.29) is 0 Å². The first-order valence-electron chi connectivity index (χ1n) is 5.30. The van der Waals surface area contributed by atoms with Crippen LogP contribution in [0, 0.1) is 13.8 Å². The number of rotatable bonds is 0. The highest BCUT2D eigenvalue weighted by molar-refractivity contribution is 7.37. The van der Waals surface area contributed by atoms with Crippen molar-refractivity contribution in [3.63, 3.8) is 0 Å². The summed E-state index contributed by atoms with van der Waals surface area (Å²) < 4.78 is 14.2. The van der Waals surface area contributed by atoms with Gasteiger partial charge in [-0.05, 0) is 47.9 Å². The van der Waals surface area contributed by atoms with Crippen LogP contribution < -0.4 is 0 Å². The van der Waals surface area contributed by atoms with E-state index in [1.54, 1.807) is 0 Å². The highest BCUT2D eigenvalue weighted by atomic mass is 32.2. The molecule has 80 valence electrons. The van der Waals surface area contributed by atoms with Crippen molar-refractivity contribution in [1.82, 2.24) is 0 Å². The molecule has 16 heavy (non-hydrogen) atoms. The standard InChI is InChI=1S/C14H12OS/c1-9-3-5-11-12-6-4-10(2)8-14(12)16(15)13(11)7-9/h3-8H,1-2H3. The van der Waals surface area contributed by atoms with Crippen LogP contribution in [0.1, 0.15) is 11.1 Å². The molecule has 3 aromatic rings. The minimum atomic E-state index is -0.993. The van der Waals surface area contributed by atoms with Crippen LogP contribution in [0.4, 0.5) is 0 Å². The highest BCUT2D eigenvalue weighted by Gasteiger charge is 2.14. The molecule has 3 rings (SSSR count). The minimum absolute atomic E-state index is 0.959. The molecule has 1 nitrogen and oxygen atoms in total. The largest absolute Gasteiger partial charge is 0.590 e. The van der Waals surface area contributed by atoms with Crippen LogP contribution in [0.25, 0.3) is 20.2 Å². The number of hydrogen-bond donors (Lipinski definition) is 0. The number of benzene rings is 2. The maximum absolute atomic E-state index is 12.3. The van der Waals surface area contributed by atoms with Gasteiger partial charge >= 0.3 is 0 Å². The van der Waals surface area contributed by atoms with Gasteiger partial charge in [-0.1, -0.05) is 12.1 Å².